The molecule has 1 aliphatic rings. The molecule has 1 saturated heterocycles. The molecule has 0 saturated carbocycles. The third-order valence-electron chi connectivity index (χ3n) is 0.827. The second-order valence-electron chi connectivity index (χ2n) is 1.32. The Morgan fingerprint density at radius 1 is 1.00 bits per heavy atom. The molecule has 0 aromatic heterocycles. The standard InChI is InChI=1S/C4H8O.Sn/c1-2-4-5-3-1;/h1-4H2;. The summed E-state index contributed by atoms with van der Waals surface area (Å²) in [5.41, 5.74) is 0. The van der Waals surface area contributed by atoms with Gasteiger partial charge in [-0.25, -0.2) is 0 Å². The molecule has 0 aromatic rings. The van der Waals surface area contributed by atoms with Crippen molar-refractivity contribution >= 4 is 23.9 Å². The molecule has 2 heteroatoms. The zero-order valence-corrected chi connectivity index (χ0v) is 6.59. The van der Waals surface area contributed by atoms with Gasteiger partial charge in [0.2, 0.25) is 0 Å². The van der Waals surface area contributed by atoms with Gasteiger partial charge in [0.15, 0.2) is 0 Å². The predicted octanol–water partition coefficient (Wildman–Crippen LogP) is 0.416. The minimum absolute atomic E-state index is 0. The van der Waals surface area contributed by atoms with E-state index in [-0.39, 0.29) is 23.9 Å². The quantitative estimate of drug-likeness (QED) is 0.504. The monoisotopic (exact) mass is 192 g/mol. The zero-order chi connectivity index (χ0) is 3.54. The Balaban J connectivity index is 0.000000250. The van der Waals surface area contributed by atoms with E-state index in [4.69, 9.17) is 4.74 Å². The first-order valence-electron chi connectivity index (χ1n) is 2.08. The van der Waals surface area contributed by atoms with Crippen molar-refractivity contribution < 1.29 is 4.74 Å². The minimum Gasteiger partial charge on any atom is -0.381 e. The van der Waals surface area contributed by atoms with Crippen molar-refractivity contribution in [1.29, 1.82) is 0 Å². The van der Waals surface area contributed by atoms with Crippen molar-refractivity contribution in [3.05, 3.63) is 0 Å². The summed E-state index contributed by atoms with van der Waals surface area (Å²) in [6.45, 7) is 2.00. The summed E-state index contributed by atoms with van der Waals surface area (Å²) in [4.78, 5) is 0. The number of ether oxygens (including phenoxy) is 1. The van der Waals surface area contributed by atoms with Crippen LogP contribution >= 0.6 is 0 Å². The predicted molar refractivity (Wildman–Crippen MR) is 25.8 cm³/mol. The average Bonchev–Trinajstić information content (AvgIpc) is 1.76. The second kappa shape index (κ2) is 3.93. The van der Waals surface area contributed by atoms with Crippen molar-refractivity contribution in [1.82, 2.24) is 0 Å². The molecule has 4 radical (unpaired) electrons. The van der Waals surface area contributed by atoms with Crippen LogP contribution in [-0.4, -0.2) is 37.1 Å². The topological polar surface area (TPSA) is 9.23 Å². The molecule has 1 heterocycles. The van der Waals surface area contributed by atoms with E-state index in [1.807, 2.05) is 0 Å². The van der Waals surface area contributed by atoms with E-state index in [0.29, 0.717) is 0 Å². The van der Waals surface area contributed by atoms with Crippen LogP contribution in [0.1, 0.15) is 12.8 Å². The van der Waals surface area contributed by atoms with Gasteiger partial charge in [0.1, 0.15) is 0 Å². The molecule has 34 valence electrons. The van der Waals surface area contributed by atoms with Crippen LogP contribution in [0, 0.1) is 0 Å². The van der Waals surface area contributed by atoms with Gasteiger partial charge in [0.25, 0.3) is 0 Å². The summed E-state index contributed by atoms with van der Waals surface area (Å²) < 4.78 is 4.94. The third kappa shape index (κ3) is 2.03. The maximum Gasteiger partial charge on any atom is 0.0466 e. The molecule has 0 unspecified atom stereocenters. The Bertz CT molecular complexity index is 19.1. The van der Waals surface area contributed by atoms with Gasteiger partial charge >= 0.3 is 0 Å². The van der Waals surface area contributed by atoms with Crippen molar-refractivity contribution in [2.75, 3.05) is 13.2 Å². The molecule has 0 atom stereocenters. The summed E-state index contributed by atoms with van der Waals surface area (Å²) in [6.07, 6.45) is 2.56. The Kier molecular flexibility index (Phi) is 4.43. The maximum atomic E-state index is 4.94. The van der Waals surface area contributed by atoms with Crippen LogP contribution in [0.15, 0.2) is 0 Å². The largest absolute Gasteiger partial charge is 0.381 e. The van der Waals surface area contributed by atoms with Crippen molar-refractivity contribution in [2.24, 2.45) is 0 Å². The summed E-state index contributed by atoms with van der Waals surface area (Å²) in [5.74, 6) is 0. The van der Waals surface area contributed by atoms with E-state index in [1.165, 1.54) is 12.8 Å². The second-order valence-corrected chi connectivity index (χ2v) is 1.32. The van der Waals surface area contributed by atoms with Crippen LogP contribution in [0.5, 0.6) is 0 Å². The smallest absolute Gasteiger partial charge is 0.0466 e. The summed E-state index contributed by atoms with van der Waals surface area (Å²) >= 11 is 0. The SMILES string of the molecule is C1CCOC1.[Sn]. The van der Waals surface area contributed by atoms with E-state index in [9.17, 15) is 0 Å². The molecule has 1 aliphatic heterocycles. The molecular weight excluding hydrogens is 183 g/mol. The number of hydrogen-bond acceptors (Lipinski definition) is 1. The summed E-state index contributed by atoms with van der Waals surface area (Å²) in [5, 5.41) is 0. The Morgan fingerprint density at radius 2 is 1.50 bits per heavy atom. The van der Waals surface area contributed by atoms with Gasteiger partial charge < -0.3 is 4.74 Å². The van der Waals surface area contributed by atoms with Gasteiger partial charge in [0, 0.05) is 37.1 Å². The molecule has 0 spiro atoms. The van der Waals surface area contributed by atoms with Crippen LogP contribution in [0.25, 0.3) is 0 Å². The molecule has 1 fully saturated rings. The fourth-order valence-corrected chi connectivity index (χ4v) is 0.510. The molecule has 0 aliphatic carbocycles. The van der Waals surface area contributed by atoms with Crippen molar-refractivity contribution in [3.63, 3.8) is 0 Å². The Hall–Kier alpha value is 0.759. The van der Waals surface area contributed by atoms with Crippen LogP contribution < -0.4 is 0 Å². The summed E-state index contributed by atoms with van der Waals surface area (Å²) in [6, 6.07) is 0. The van der Waals surface area contributed by atoms with E-state index in [2.05, 4.69) is 0 Å². The molecular formula is C4H8OSn. The van der Waals surface area contributed by atoms with Gasteiger partial charge in [-0.1, -0.05) is 0 Å². The van der Waals surface area contributed by atoms with Gasteiger partial charge in [-0.15, -0.1) is 0 Å². The van der Waals surface area contributed by atoms with Crippen LogP contribution in [-0.2, 0) is 4.74 Å². The van der Waals surface area contributed by atoms with Gasteiger partial charge in [-0.2, -0.15) is 0 Å². The number of rotatable bonds is 0. The molecule has 1 nitrogen and oxygen atoms in total. The van der Waals surface area contributed by atoms with Gasteiger partial charge in [-0.3, -0.25) is 0 Å². The van der Waals surface area contributed by atoms with Crippen molar-refractivity contribution in [3.8, 4) is 0 Å². The fraction of sp³-hybridized carbons (Fsp3) is 1.00. The van der Waals surface area contributed by atoms with Crippen molar-refractivity contribution in [2.45, 2.75) is 12.8 Å². The maximum absolute atomic E-state index is 4.94. The van der Waals surface area contributed by atoms with E-state index in [0.717, 1.165) is 13.2 Å². The fourth-order valence-electron chi connectivity index (χ4n) is 0.510. The molecule has 0 N–H and O–H groups in total. The molecule has 6 heavy (non-hydrogen) atoms. The van der Waals surface area contributed by atoms with Gasteiger partial charge in [0.05, 0.1) is 0 Å². The van der Waals surface area contributed by atoms with E-state index in [1.54, 1.807) is 0 Å². The van der Waals surface area contributed by atoms with Crippen LogP contribution in [0.3, 0.4) is 0 Å². The minimum atomic E-state index is 0. The van der Waals surface area contributed by atoms with Crippen LogP contribution in [0.4, 0.5) is 0 Å². The Labute approximate surface area is 55.0 Å². The average molecular weight is 191 g/mol. The number of hydrogen-bond donors (Lipinski definition) is 0. The van der Waals surface area contributed by atoms with E-state index < -0.39 is 0 Å². The molecule has 0 bridgehead atoms. The first kappa shape index (κ1) is 6.76. The molecule has 0 aromatic carbocycles. The normalized spacial score (nSPS) is 20.0. The van der Waals surface area contributed by atoms with E-state index >= 15 is 0 Å². The third-order valence-corrected chi connectivity index (χ3v) is 0.827. The zero-order valence-electron chi connectivity index (χ0n) is 3.74. The first-order valence-corrected chi connectivity index (χ1v) is 2.08. The first-order chi connectivity index (χ1) is 2.50. The van der Waals surface area contributed by atoms with Gasteiger partial charge in [-0.05, 0) is 12.8 Å². The Morgan fingerprint density at radius 3 is 1.67 bits per heavy atom. The molecule has 0 amide bonds. The van der Waals surface area contributed by atoms with Crippen LogP contribution in [0.2, 0.25) is 0 Å². The molecule has 1 rings (SSSR count). The summed E-state index contributed by atoms with van der Waals surface area (Å²) in [7, 11) is 0.